The molecular formula is C27H27N3O4. The minimum Gasteiger partial charge on any atom is -0.494 e. The van der Waals surface area contributed by atoms with Crippen LogP contribution in [0, 0.1) is 0 Å². The van der Waals surface area contributed by atoms with Crippen molar-refractivity contribution in [3.8, 4) is 11.5 Å². The van der Waals surface area contributed by atoms with Crippen LogP contribution in [-0.2, 0) is 16.1 Å². The topological polar surface area (TPSA) is 80.8 Å². The van der Waals surface area contributed by atoms with E-state index in [2.05, 4.69) is 10.3 Å². The van der Waals surface area contributed by atoms with Gasteiger partial charge in [-0.25, -0.2) is 0 Å². The van der Waals surface area contributed by atoms with E-state index < -0.39 is 5.91 Å². The average molecular weight is 458 g/mol. The van der Waals surface area contributed by atoms with E-state index in [0.717, 1.165) is 6.42 Å². The fraction of sp³-hybridized carbons (Fsp3) is 0.222. The van der Waals surface area contributed by atoms with Gasteiger partial charge in [0.25, 0.3) is 11.8 Å². The fourth-order valence-electron chi connectivity index (χ4n) is 3.67. The molecule has 1 N–H and O–H groups in total. The van der Waals surface area contributed by atoms with Crippen LogP contribution in [0.2, 0.25) is 0 Å². The van der Waals surface area contributed by atoms with Crippen molar-refractivity contribution in [3.63, 3.8) is 0 Å². The number of carbonyl (C=O) groups is 2. The predicted octanol–water partition coefficient (Wildman–Crippen LogP) is 4.66. The predicted molar refractivity (Wildman–Crippen MR) is 130 cm³/mol. The number of aromatic nitrogens is 1. The molecule has 0 fully saturated rings. The first kappa shape index (κ1) is 23.0. The number of imide groups is 1. The van der Waals surface area contributed by atoms with E-state index in [9.17, 15) is 9.59 Å². The normalized spacial score (nSPS) is 13.4. The minimum atomic E-state index is -0.403. The molecule has 0 spiro atoms. The summed E-state index contributed by atoms with van der Waals surface area (Å²) in [5, 5.41) is 3.18. The number of ether oxygens (including phenoxy) is 2. The molecule has 0 atom stereocenters. The molecule has 2 amide bonds. The Morgan fingerprint density at radius 2 is 1.71 bits per heavy atom. The summed E-state index contributed by atoms with van der Waals surface area (Å²) in [7, 11) is 0. The van der Waals surface area contributed by atoms with Gasteiger partial charge in [-0.1, -0.05) is 31.2 Å². The molecule has 0 bridgehead atoms. The zero-order chi connectivity index (χ0) is 23.9. The van der Waals surface area contributed by atoms with Crippen LogP contribution in [-0.4, -0.2) is 34.9 Å². The van der Waals surface area contributed by atoms with E-state index in [1.54, 1.807) is 42.6 Å². The number of anilines is 1. The smallest absolute Gasteiger partial charge is 0.278 e. The first-order chi connectivity index (χ1) is 16.6. The van der Waals surface area contributed by atoms with Crippen LogP contribution in [0.3, 0.4) is 0 Å². The molecule has 0 saturated carbocycles. The lowest BCUT2D eigenvalue weighted by Crippen LogP contribution is -2.32. The van der Waals surface area contributed by atoms with Crippen LogP contribution in [0.15, 0.2) is 78.6 Å². The third kappa shape index (κ3) is 5.09. The highest BCUT2D eigenvalue weighted by Gasteiger charge is 2.39. The third-order valence-electron chi connectivity index (χ3n) is 5.24. The van der Waals surface area contributed by atoms with Gasteiger partial charge in [0.2, 0.25) is 0 Å². The number of nitrogens with one attached hydrogen (secondary N) is 1. The van der Waals surface area contributed by atoms with E-state index in [0.29, 0.717) is 47.2 Å². The van der Waals surface area contributed by atoms with Gasteiger partial charge in [-0.15, -0.1) is 0 Å². The summed E-state index contributed by atoms with van der Waals surface area (Å²) < 4.78 is 11.2. The second kappa shape index (κ2) is 10.7. The summed E-state index contributed by atoms with van der Waals surface area (Å²) in [6.45, 7) is 5.17. The summed E-state index contributed by atoms with van der Waals surface area (Å²) in [6.07, 6.45) is 2.53. The van der Waals surface area contributed by atoms with Gasteiger partial charge >= 0.3 is 0 Å². The van der Waals surface area contributed by atoms with E-state index in [4.69, 9.17) is 9.47 Å². The van der Waals surface area contributed by atoms with Gasteiger partial charge < -0.3 is 14.8 Å². The second-order valence-corrected chi connectivity index (χ2v) is 7.73. The standard InChI is InChI=1S/C27H27N3O4/c1-3-16-34-23-10-7-9-20(17-23)29-25-24(19-11-13-22(14-12-19)33-4-2)26(31)30(27(25)32)18-21-8-5-6-15-28-21/h5-15,17,29H,3-4,16,18H2,1-2H3. The van der Waals surface area contributed by atoms with Crippen LogP contribution >= 0.6 is 0 Å². The van der Waals surface area contributed by atoms with Crippen LogP contribution in [0.1, 0.15) is 31.5 Å². The van der Waals surface area contributed by atoms with E-state index in [-0.39, 0.29) is 18.1 Å². The molecular weight excluding hydrogens is 430 g/mol. The van der Waals surface area contributed by atoms with Gasteiger partial charge in [0.05, 0.1) is 31.0 Å². The second-order valence-electron chi connectivity index (χ2n) is 7.73. The van der Waals surface area contributed by atoms with E-state index in [1.807, 2.05) is 44.2 Å². The fourth-order valence-corrected chi connectivity index (χ4v) is 3.67. The quantitative estimate of drug-likeness (QED) is 0.446. The molecule has 7 nitrogen and oxygen atoms in total. The van der Waals surface area contributed by atoms with E-state index in [1.165, 1.54) is 4.90 Å². The lowest BCUT2D eigenvalue weighted by Gasteiger charge is -2.15. The molecule has 1 aliphatic rings. The van der Waals surface area contributed by atoms with E-state index >= 15 is 0 Å². The lowest BCUT2D eigenvalue weighted by molar-refractivity contribution is -0.137. The molecule has 0 saturated heterocycles. The number of hydrogen-bond acceptors (Lipinski definition) is 6. The van der Waals surface area contributed by atoms with Crippen molar-refractivity contribution in [3.05, 3.63) is 89.9 Å². The number of hydrogen-bond donors (Lipinski definition) is 1. The number of carbonyl (C=O) groups excluding carboxylic acids is 2. The Labute approximate surface area is 199 Å². The summed E-state index contributed by atoms with van der Waals surface area (Å²) in [4.78, 5) is 32.4. The van der Waals surface area contributed by atoms with Gasteiger partial charge in [-0.05, 0) is 55.3 Å². The van der Waals surface area contributed by atoms with Gasteiger partial charge in [0.15, 0.2) is 0 Å². The van der Waals surface area contributed by atoms with Gasteiger partial charge in [0.1, 0.15) is 17.2 Å². The van der Waals surface area contributed by atoms with Crippen molar-refractivity contribution in [2.24, 2.45) is 0 Å². The molecule has 7 heteroatoms. The summed E-state index contributed by atoms with van der Waals surface area (Å²) >= 11 is 0. The molecule has 2 aromatic carbocycles. The first-order valence-corrected chi connectivity index (χ1v) is 11.3. The molecule has 0 aliphatic carbocycles. The molecule has 2 heterocycles. The minimum absolute atomic E-state index is 0.0872. The Bertz CT molecular complexity index is 1190. The van der Waals surface area contributed by atoms with Crippen molar-refractivity contribution in [1.29, 1.82) is 0 Å². The Morgan fingerprint density at radius 3 is 2.41 bits per heavy atom. The van der Waals surface area contributed by atoms with Gasteiger partial charge in [0, 0.05) is 18.0 Å². The van der Waals surface area contributed by atoms with Crippen molar-refractivity contribution in [2.75, 3.05) is 18.5 Å². The molecule has 4 rings (SSSR count). The third-order valence-corrected chi connectivity index (χ3v) is 5.24. The number of rotatable bonds is 10. The zero-order valence-corrected chi connectivity index (χ0v) is 19.3. The Balaban J connectivity index is 1.69. The van der Waals surface area contributed by atoms with Crippen LogP contribution in [0.5, 0.6) is 11.5 Å². The van der Waals surface area contributed by atoms with Crippen LogP contribution in [0.4, 0.5) is 5.69 Å². The Morgan fingerprint density at radius 1 is 0.882 bits per heavy atom. The first-order valence-electron chi connectivity index (χ1n) is 11.3. The monoisotopic (exact) mass is 457 g/mol. The molecule has 0 radical (unpaired) electrons. The summed E-state index contributed by atoms with van der Waals surface area (Å²) in [6, 6.07) is 19.9. The van der Waals surface area contributed by atoms with Gasteiger partial charge in [-0.2, -0.15) is 0 Å². The van der Waals surface area contributed by atoms with Gasteiger partial charge in [-0.3, -0.25) is 19.5 Å². The SMILES string of the molecule is CCCOc1cccc(NC2=C(c3ccc(OCC)cc3)C(=O)N(Cc3ccccn3)C2=O)c1. The number of amides is 2. The largest absolute Gasteiger partial charge is 0.494 e. The molecule has 34 heavy (non-hydrogen) atoms. The van der Waals surface area contributed by atoms with Crippen LogP contribution in [0.25, 0.3) is 5.57 Å². The zero-order valence-electron chi connectivity index (χ0n) is 19.3. The maximum atomic E-state index is 13.5. The summed E-state index contributed by atoms with van der Waals surface area (Å²) in [5.74, 6) is 0.613. The van der Waals surface area contributed by atoms with Crippen LogP contribution < -0.4 is 14.8 Å². The highest BCUT2D eigenvalue weighted by Crippen LogP contribution is 2.32. The van der Waals surface area contributed by atoms with Crippen molar-refractivity contribution in [2.45, 2.75) is 26.8 Å². The highest BCUT2D eigenvalue weighted by molar-refractivity contribution is 6.36. The molecule has 1 aromatic heterocycles. The highest BCUT2D eigenvalue weighted by atomic mass is 16.5. The maximum Gasteiger partial charge on any atom is 0.278 e. The Kier molecular flexibility index (Phi) is 7.22. The Hall–Kier alpha value is -4.13. The maximum absolute atomic E-state index is 13.5. The number of nitrogens with zero attached hydrogens (tertiary/aromatic N) is 2. The average Bonchev–Trinajstić information content (AvgIpc) is 3.08. The number of pyridine rings is 1. The van der Waals surface area contributed by atoms with Crippen molar-refractivity contribution in [1.82, 2.24) is 9.88 Å². The van der Waals surface area contributed by atoms with Crippen molar-refractivity contribution >= 4 is 23.1 Å². The summed E-state index contributed by atoms with van der Waals surface area (Å²) in [5.41, 5.74) is 2.45. The number of benzene rings is 2. The molecule has 1 aliphatic heterocycles. The lowest BCUT2D eigenvalue weighted by atomic mass is 10.0. The van der Waals surface area contributed by atoms with Crippen molar-refractivity contribution < 1.29 is 19.1 Å². The molecule has 174 valence electrons. The molecule has 0 unspecified atom stereocenters. The molecule has 3 aromatic rings.